The van der Waals surface area contributed by atoms with Gasteiger partial charge in [-0.25, -0.2) is 0 Å². The summed E-state index contributed by atoms with van der Waals surface area (Å²) in [4.78, 5) is 0. The Morgan fingerprint density at radius 1 is 1.50 bits per heavy atom. The van der Waals surface area contributed by atoms with Crippen LogP contribution in [0, 0.1) is 11.3 Å². The maximum Gasteiger partial charge on any atom is 0.0107 e. The molecule has 0 aromatic rings. The highest BCUT2D eigenvalue weighted by molar-refractivity contribution is 5.13. The summed E-state index contributed by atoms with van der Waals surface area (Å²) in [6.45, 7) is 18.4. The van der Waals surface area contributed by atoms with Gasteiger partial charge in [-0.2, -0.15) is 0 Å². The normalized spacial score (nSPS) is 24.9. The van der Waals surface area contributed by atoms with Gasteiger partial charge in [0.1, 0.15) is 0 Å². The van der Waals surface area contributed by atoms with Crippen molar-refractivity contribution in [2.45, 2.75) is 65.8 Å². The van der Waals surface area contributed by atoms with E-state index < -0.39 is 0 Å². The molecule has 1 aliphatic rings. The number of nitrogens with one attached hydrogen (secondary N) is 1. The molecule has 1 fully saturated rings. The van der Waals surface area contributed by atoms with E-state index in [9.17, 15) is 0 Å². The van der Waals surface area contributed by atoms with Gasteiger partial charge in [-0.05, 0) is 37.5 Å². The summed E-state index contributed by atoms with van der Waals surface area (Å²) < 4.78 is 0. The Labute approximate surface area is 114 Å². The van der Waals surface area contributed by atoms with Crippen LogP contribution in [0.25, 0.3) is 0 Å². The molecule has 1 N–H and O–H groups in total. The second-order valence-electron chi connectivity index (χ2n) is 6.82. The largest absolute Gasteiger partial charge is 0.313 e. The van der Waals surface area contributed by atoms with Gasteiger partial charge in [-0.15, -0.1) is 6.58 Å². The fourth-order valence-corrected chi connectivity index (χ4v) is 2.94. The molecule has 0 amide bonds. The van der Waals surface area contributed by atoms with E-state index in [4.69, 9.17) is 0 Å². The quantitative estimate of drug-likeness (QED) is 0.673. The van der Waals surface area contributed by atoms with Crippen molar-refractivity contribution in [2.24, 2.45) is 11.3 Å². The Bertz CT molecular complexity index is 301. The molecule has 0 saturated carbocycles. The molecule has 104 valence electrons. The third-order valence-electron chi connectivity index (χ3n) is 4.23. The van der Waals surface area contributed by atoms with Crippen molar-refractivity contribution in [1.29, 1.82) is 0 Å². The first-order chi connectivity index (χ1) is 8.35. The van der Waals surface area contributed by atoms with E-state index in [1.165, 1.54) is 36.8 Å². The van der Waals surface area contributed by atoms with E-state index >= 15 is 0 Å². The van der Waals surface area contributed by atoms with Crippen LogP contribution < -0.4 is 5.32 Å². The molecule has 2 atom stereocenters. The third kappa shape index (κ3) is 4.61. The number of piperidine rings is 1. The van der Waals surface area contributed by atoms with Gasteiger partial charge >= 0.3 is 0 Å². The predicted octanol–water partition coefficient (Wildman–Crippen LogP) is 4.70. The first kappa shape index (κ1) is 15.5. The van der Waals surface area contributed by atoms with Crippen LogP contribution in [-0.4, -0.2) is 12.6 Å². The zero-order valence-corrected chi connectivity index (χ0v) is 12.8. The maximum atomic E-state index is 4.27. The van der Waals surface area contributed by atoms with Crippen molar-refractivity contribution in [3.05, 3.63) is 24.3 Å². The molecule has 0 spiro atoms. The Morgan fingerprint density at radius 3 is 2.67 bits per heavy atom. The van der Waals surface area contributed by atoms with Crippen LogP contribution in [0.3, 0.4) is 0 Å². The molecule has 0 bridgehead atoms. The van der Waals surface area contributed by atoms with Crippen LogP contribution in [-0.2, 0) is 0 Å². The van der Waals surface area contributed by atoms with E-state index in [1.54, 1.807) is 0 Å². The monoisotopic (exact) mass is 249 g/mol. The van der Waals surface area contributed by atoms with Crippen LogP contribution >= 0.6 is 0 Å². The molecule has 0 radical (unpaired) electrons. The molecule has 1 aliphatic heterocycles. The molecule has 0 aliphatic carbocycles. The Balaban J connectivity index is 2.50. The average molecular weight is 249 g/mol. The maximum absolute atomic E-state index is 4.27. The van der Waals surface area contributed by atoms with E-state index in [0.717, 1.165) is 18.9 Å². The number of allylic oxidation sites excluding steroid dienone is 1. The van der Waals surface area contributed by atoms with Gasteiger partial charge < -0.3 is 5.32 Å². The van der Waals surface area contributed by atoms with Gasteiger partial charge in [0, 0.05) is 12.6 Å². The molecular formula is C17H31N. The number of rotatable bonds is 6. The minimum Gasteiger partial charge on any atom is -0.313 e. The number of hydrogen-bond acceptors (Lipinski definition) is 1. The molecule has 0 aromatic heterocycles. The molecule has 0 aromatic carbocycles. The van der Waals surface area contributed by atoms with E-state index in [2.05, 4.69) is 46.2 Å². The summed E-state index contributed by atoms with van der Waals surface area (Å²) in [6, 6.07) is 0.626. The van der Waals surface area contributed by atoms with Crippen molar-refractivity contribution in [1.82, 2.24) is 5.32 Å². The standard InChI is InChI=1S/C17H31N/c1-7-8-15(9-13(2)3)11-16-10-14(4)17(5,6)12-18-16/h15-16,18H,2,4,7-12H2,1,3,5-6H3. The van der Waals surface area contributed by atoms with E-state index in [1.807, 2.05) is 0 Å². The summed E-state index contributed by atoms with van der Waals surface area (Å²) in [7, 11) is 0. The first-order valence-electron chi connectivity index (χ1n) is 7.41. The molecule has 18 heavy (non-hydrogen) atoms. The summed E-state index contributed by atoms with van der Waals surface area (Å²) >= 11 is 0. The summed E-state index contributed by atoms with van der Waals surface area (Å²) in [6.07, 6.45) is 6.19. The summed E-state index contributed by atoms with van der Waals surface area (Å²) in [5.74, 6) is 0.791. The predicted molar refractivity (Wildman–Crippen MR) is 81.8 cm³/mol. The van der Waals surface area contributed by atoms with Crippen molar-refractivity contribution >= 4 is 0 Å². The Kier molecular flexibility index (Phi) is 5.65. The number of hydrogen-bond donors (Lipinski definition) is 1. The molecule has 2 unspecified atom stereocenters. The second-order valence-corrected chi connectivity index (χ2v) is 6.82. The second kappa shape index (κ2) is 6.56. The van der Waals surface area contributed by atoms with Crippen LogP contribution in [0.5, 0.6) is 0 Å². The van der Waals surface area contributed by atoms with E-state index in [0.29, 0.717) is 6.04 Å². The molecular weight excluding hydrogens is 218 g/mol. The van der Waals surface area contributed by atoms with Gasteiger partial charge in [-0.1, -0.05) is 51.3 Å². The highest BCUT2D eigenvalue weighted by Gasteiger charge is 2.30. The summed E-state index contributed by atoms with van der Waals surface area (Å²) in [5.41, 5.74) is 3.01. The molecule has 1 heteroatoms. The highest BCUT2D eigenvalue weighted by Crippen LogP contribution is 2.34. The average Bonchev–Trinajstić information content (AvgIpc) is 2.23. The summed E-state index contributed by atoms with van der Waals surface area (Å²) in [5, 5.41) is 3.71. The van der Waals surface area contributed by atoms with Crippen molar-refractivity contribution in [2.75, 3.05) is 6.54 Å². The Hall–Kier alpha value is -0.560. The van der Waals surface area contributed by atoms with E-state index in [-0.39, 0.29) is 5.41 Å². The van der Waals surface area contributed by atoms with Crippen molar-refractivity contribution in [3.8, 4) is 0 Å². The lowest BCUT2D eigenvalue weighted by molar-refractivity contribution is 0.267. The van der Waals surface area contributed by atoms with Gasteiger partial charge in [0.15, 0.2) is 0 Å². The smallest absolute Gasteiger partial charge is 0.0107 e. The minimum atomic E-state index is 0.269. The van der Waals surface area contributed by atoms with Gasteiger partial charge in [0.2, 0.25) is 0 Å². The lowest BCUT2D eigenvalue weighted by atomic mass is 9.76. The fourth-order valence-electron chi connectivity index (χ4n) is 2.94. The molecule has 1 saturated heterocycles. The van der Waals surface area contributed by atoms with Crippen LogP contribution in [0.2, 0.25) is 0 Å². The zero-order valence-electron chi connectivity index (χ0n) is 12.8. The molecule has 1 rings (SSSR count). The zero-order chi connectivity index (χ0) is 13.8. The topological polar surface area (TPSA) is 12.0 Å². The molecule has 1 heterocycles. The van der Waals surface area contributed by atoms with Crippen LogP contribution in [0.4, 0.5) is 0 Å². The van der Waals surface area contributed by atoms with Crippen LogP contribution in [0.1, 0.15) is 59.8 Å². The fraction of sp³-hybridized carbons (Fsp3) is 0.765. The first-order valence-corrected chi connectivity index (χ1v) is 7.41. The van der Waals surface area contributed by atoms with Crippen molar-refractivity contribution in [3.63, 3.8) is 0 Å². The SMILES string of the molecule is C=C(C)CC(CCC)CC1CC(=C)C(C)(C)CN1. The lowest BCUT2D eigenvalue weighted by Gasteiger charge is -2.39. The minimum absolute atomic E-state index is 0.269. The van der Waals surface area contributed by atoms with Crippen LogP contribution in [0.15, 0.2) is 24.3 Å². The third-order valence-corrected chi connectivity index (χ3v) is 4.23. The van der Waals surface area contributed by atoms with Crippen molar-refractivity contribution < 1.29 is 0 Å². The lowest BCUT2D eigenvalue weighted by Crippen LogP contribution is -2.45. The van der Waals surface area contributed by atoms with Gasteiger partial charge in [0.05, 0.1) is 0 Å². The van der Waals surface area contributed by atoms with Gasteiger partial charge in [-0.3, -0.25) is 0 Å². The Morgan fingerprint density at radius 2 is 2.17 bits per heavy atom. The highest BCUT2D eigenvalue weighted by atomic mass is 14.9. The van der Waals surface area contributed by atoms with Gasteiger partial charge in [0.25, 0.3) is 0 Å². The molecule has 1 nitrogen and oxygen atoms in total.